The molecule has 20 heavy (non-hydrogen) atoms. The van der Waals surface area contributed by atoms with Crippen LogP contribution in [0.2, 0.25) is 0 Å². The van der Waals surface area contributed by atoms with E-state index in [0.29, 0.717) is 12.3 Å². The van der Waals surface area contributed by atoms with E-state index in [1.807, 2.05) is 0 Å². The van der Waals surface area contributed by atoms with Crippen molar-refractivity contribution >= 4 is 11.4 Å². The summed E-state index contributed by atoms with van der Waals surface area (Å²) in [5, 5.41) is 0. The van der Waals surface area contributed by atoms with Gasteiger partial charge in [0.2, 0.25) is 0 Å². The molecule has 2 heteroatoms. The Hall–Kier alpha value is -1.70. The van der Waals surface area contributed by atoms with Crippen LogP contribution in [-0.2, 0) is 4.79 Å². The largest absolute Gasteiger partial charge is 0.294 e. The van der Waals surface area contributed by atoms with Crippen molar-refractivity contribution in [1.29, 1.82) is 0 Å². The molecule has 106 valence electrons. The number of rotatable bonds is 6. The Labute approximate surface area is 120 Å². The highest BCUT2D eigenvalue weighted by Gasteiger charge is 2.24. The lowest BCUT2D eigenvalue weighted by molar-refractivity contribution is -0.113. The molecule has 0 fully saturated rings. The second-order valence-electron chi connectivity index (χ2n) is 5.29. The van der Waals surface area contributed by atoms with E-state index in [1.54, 1.807) is 12.1 Å². The van der Waals surface area contributed by atoms with E-state index in [9.17, 15) is 9.18 Å². The molecule has 1 aliphatic rings. The summed E-state index contributed by atoms with van der Waals surface area (Å²) in [5.74, 6) is 0.266. The van der Waals surface area contributed by atoms with Crippen LogP contribution in [0.3, 0.4) is 0 Å². The first-order chi connectivity index (χ1) is 9.70. The van der Waals surface area contributed by atoms with Crippen LogP contribution >= 0.6 is 0 Å². The molecule has 0 saturated heterocycles. The molecule has 0 unspecified atom stereocenters. The lowest BCUT2D eigenvalue weighted by Crippen LogP contribution is -1.98. The first-order valence-electron chi connectivity index (χ1n) is 7.36. The third-order valence-electron chi connectivity index (χ3n) is 3.65. The van der Waals surface area contributed by atoms with E-state index in [-0.39, 0.29) is 11.6 Å². The summed E-state index contributed by atoms with van der Waals surface area (Å²) in [6, 6.07) is 6.19. The number of hydrogen-bond donors (Lipinski definition) is 0. The highest BCUT2D eigenvalue weighted by Crippen LogP contribution is 2.31. The normalized spacial score (nSPS) is 18.8. The standard InChI is InChI=1S/C18H21FO/c1-2-3-4-5-6-7-14-12-17(18(20)13-14)15-8-10-16(19)11-9-15/h3-4,8-12,14H,2,5-7,13H2,1H3/b4-3-/t14-/m0/s1. The van der Waals surface area contributed by atoms with Crippen LogP contribution in [0.5, 0.6) is 0 Å². The van der Waals surface area contributed by atoms with Crippen LogP contribution < -0.4 is 0 Å². The molecule has 1 aromatic carbocycles. The maximum atomic E-state index is 12.9. The van der Waals surface area contributed by atoms with Crippen molar-refractivity contribution in [1.82, 2.24) is 0 Å². The van der Waals surface area contributed by atoms with Gasteiger partial charge in [0.25, 0.3) is 0 Å². The van der Waals surface area contributed by atoms with Crippen LogP contribution in [0, 0.1) is 11.7 Å². The lowest BCUT2D eigenvalue weighted by atomic mass is 10.0. The van der Waals surface area contributed by atoms with Crippen molar-refractivity contribution in [2.45, 2.75) is 39.0 Å². The van der Waals surface area contributed by atoms with Crippen molar-refractivity contribution in [3.8, 4) is 0 Å². The minimum absolute atomic E-state index is 0.186. The van der Waals surface area contributed by atoms with E-state index in [4.69, 9.17) is 0 Å². The van der Waals surface area contributed by atoms with Crippen molar-refractivity contribution < 1.29 is 9.18 Å². The quantitative estimate of drug-likeness (QED) is 0.530. The van der Waals surface area contributed by atoms with Gasteiger partial charge in [-0.05, 0) is 49.3 Å². The van der Waals surface area contributed by atoms with Crippen LogP contribution in [0.4, 0.5) is 4.39 Å². The van der Waals surface area contributed by atoms with Crippen molar-refractivity contribution in [2.24, 2.45) is 5.92 Å². The topological polar surface area (TPSA) is 17.1 Å². The number of allylic oxidation sites excluding steroid dienone is 4. The Morgan fingerprint density at radius 1 is 1.25 bits per heavy atom. The van der Waals surface area contributed by atoms with Gasteiger partial charge in [0, 0.05) is 12.0 Å². The molecule has 1 atom stereocenters. The summed E-state index contributed by atoms with van der Waals surface area (Å²) in [6.45, 7) is 2.13. The molecule has 1 aromatic rings. The molecule has 1 nitrogen and oxygen atoms in total. The molecule has 0 heterocycles. The van der Waals surface area contributed by atoms with Crippen LogP contribution in [0.1, 0.15) is 44.6 Å². The molecule has 2 rings (SSSR count). The van der Waals surface area contributed by atoms with E-state index < -0.39 is 0 Å². The Morgan fingerprint density at radius 3 is 2.70 bits per heavy atom. The van der Waals surface area contributed by atoms with Gasteiger partial charge in [-0.25, -0.2) is 4.39 Å². The second-order valence-corrected chi connectivity index (χ2v) is 5.29. The molecule has 0 aliphatic heterocycles. The molecular weight excluding hydrogens is 251 g/mol. The molecule has 0 spiro atoms. The van der Waals surface area contributed by atoms with Crippen LogP contribution in [-0.4, -0.2) is 5.78 Å². The third kappa shape index (κ3) is 3.89. The molecule has 0 radical (unpaired) electrons. The average Bonchev–Trinajstić information content (AvgIpc) is 2.81. The molecule has 0 N–H and O–H groups in total. The van der Waals surface area contributed by atoms with E-state index in [0.717, 1.165) is 36.8 Å². The van der Waals surface area contributed by atoms with E-state index in [1.165, 1.54) is 12.1 Å². The van der Waals surface area contributed by atoms with Gasteiger partial charge in [0.05, 0.1) is 0 Å². The number of halogens is 1. The highest BCUT2D eigenvalue weighted by atomic mass is 19.1. The number of carbonyl (C=O) groups is 1. The Kier molecular flexibility index (Phi) is 5.28. The summed E-state index contributed by atoms with van der Waals surface area (Å²) in [7, 11) is 0. The average molecular weight is 272 g/mol. The highest BCUT2D eigenvalue weighted by molar-refractivity contribution is 6.22. The van der Waals surface area contributed by atoms with Crippen molar-refractivity contribution in [3.63, 3.8) is 0 Å². The number of ketones is 1. The SMILES string of the molecule is CC/C=C\CCC[C@H]1C=C(c2ccc(F)cc2)C(=O)C1. The van der Waals surface area contributed by atoms with Gasteiger partial charge in [0.1, 0.15) is 5.82 Å². The van der Waals surface area contributed by atoms with Crippen LogP contribution in [0.15, 0.2) is 42.5 Å². The van der Waals surface area contributed by atoms with Crippen molar-refractivity contribution in [3.05, 3.63) is 53.9 Å². The first-order valence-corrected chi connectivity index (χ1v) is 7.36. The summed E-state index contributed by atoms with van der Waals surface area (Å²) in [6.07, 6.45) is 11.4. The van der Waals surface area contributed by atoms with Gasteiger partial charge in [-0.1, -0.05) is 37.3 Å². The molecule has 0 amide bonds. The number of carbonyl (C=O) groups excluding carboxylic acids is 1. The van der Waals surface area contributed by atoms with Crippen molar-refractivity contribution in [2.75, 3.05) is 0 Å². The van der Waals surface area contributed by atoms with Gasteiger partial charge >= 0.3 is 0 Å². The zero-order valence-corrected chi connectivity index (χ0v) is 11.9. The molecule has 0 saturated carbocycles. The van der Waals surface area contributed by atoms with Gasteiger partial charge < -0.3 is 0 Å². The zero-order chi connectivity index (χ0) is 14.4. The number of unbranched alkanes of at least 4 members (excludes halogenated alkanes) is 1. The fourth-order valence-electron chi connectivity index (χ4n) is 2.59. The maximum Gasteiger partial charge on any atom is 0.163 e. The number of Topliss-reactive ketones (excluding diaryl/α,β-unsaturated/α-hetero) is 1. The zero-order valence-electron chi connectivity index (χ0n) is 11.9. The summed E-state index contributed by atoms with van der Waals surface area (Å²) in [4.78, 5) is 12.0. The molecule has 1 aliphatic carbocycles. The smallest absolute Gasteiger partial charge is 0.163 e. The van der Waals surface area contributed by atoms with E-state index in [2.05, 4.69) is 25.2 Å². The Morgan fingerprint density at radius 2 is 2.00 bits per heavy atom. The fourth-order valence-corrected chi connectivity index (χ4v) is 2.59. The first kappa shape index (κ1) is 14.7. The van der Waals surface area contributed by atoms with Gasteiger partial charge in [-0.15, -0.1) is 0 Å². The molecule has 0 bridgehead atoms. The summed E-state index contributed by atoms with van der Waals surface area (Å²) >= 11 is 0. The third-order valence-corrected chi connectivity index (χ3v) is 3.65. The van der Waals surface area contributed by atoms with Gasteiger partial charge in [-0.2, -0.15) is 0 Å². The second kappa shape index (κ2) is 7.18. The summed E-state index contributed by atoms with van der Waals surface area (Å²) in [5.41, 5.74) is 1.60. The molecular formula is C18H21FO. The lowest BCUT2D eigenvalue weighted by Gasteiger charge is -2.03. The fraction of sp³-hybridized carbons (Fsp3) is 0.389. The minimum atomic E-state index is -0.265. The summed E-state index contributed by atoms with van der Waals surface area (Å²) < 4.78 is 12.9. The monoisotopic (exact) mass is 272 g/mol. The minimum Gasteiger partial charge on any atom is -0.294 e. The molecule has 0 aromatic heterocycles. The van der Waals surface area contributed by atoms with Gasteiger partial charge in [-0.3, -0.25) is 4.79 Å². The predicted octanol–water partition coefficient (Wildman–Crippen LogP) is 4.93. The number of benzene rings is 1. The van der Waals surface area contributed by atoms with E-state index >= 15 is 0 Å². The van der Waals surface area contributed by atoms with Crippen LogP contribution in [0.25, 0.3) is 5.57 Å². The number of hydrogen-bond acceptors (Lipinski definition) is 1. The predicted molar refractivity (Wildman–Crippen MR) is 80.8 cm³/mol. The maximum absolute atomic E-state index is 12.9. The van der Waals surface area contributed by atoms with Gasteiger partial charge in [0.15, 0.2) is 5.78 Å². The Balaban J connectivity index is 1.93. The Bertz CT molecular complexity index is 511.